The monoisotopic (exact) mass is 391 g/mol. The van der Waals surface area contributed by atoms with Crippen molar-refractivity contribution >= 4 is 15.9 Å². The highest BCUT2D eigenvalue weighted by atomic mass is 79.9. The van der Waals surface area contributed by atoms with Crippen molar-refractivity contribution in [3.05, 3.63) is 52.0 Å². The zero-order valence-corrected chi connectivity index (χ0v) is 13.5. The third-order valence-corrected chi connectivity index (χ3v) is 3.55. The Bertz CT molecular complexity index is 690. The minimum atomic E-state index is -4.75. The van der Waals surface area contributed by atoms with Gasteiger partial charge in [-0.1, -0.05) is 28.1 Å². The molecule has 0 unspecified atom stereocenters. The Morgan fingerprint density at radius 1 is 1.17 bits per heavy atom. The van der Waals surface area contributed by atoms with Crippen molar-refractivity contribution in [2.24, 2.45) is 5.73 Å². The summed E-state index contributed by atoms with van der Waals surface area (Å²) in [6.45, 7) is 0. The second kappa shape index (κ2) is 6.67. The summed E-state index contributed by atoms with van der Waals surface area (Å²) in [4.78, 5) is 0. The zero-order valence-electron chi connectivity index (χ0n) is 11.9. The maximum Gasteiger partial charge on any atom is 0.573 e. The molecule has 8 heteroatoms. The number of ether oxygens (including phenoxy) is 2. The largest absolute Gasteiger partial charge is 0.573 e. The van der Waals surface area contributed by atoms with E-state index in [9.17, 15) is 18.3 Å². The molecular weight excluding hydrogens is 379 g/mol. The predicted octanol–water partition coefficient (Wildman–Crippen LogP) is 4.11. The summed E-state index contributed by atoms with van der Waals surface area (Å²) in [6.07, 6.45) is -4.75. The number of alkyl halides is 3. The van der Waals surface area contributed by atoms with Gasteiger partial charge < -0.3 is 20.3 Å². The summed E-state index contributed by atoms with van der Waals surface area (Å²) < 4.78 is 45.9. The number of hydrogen-bond donors (Lipinski definition) is 2. The molecule has 2 rings (SSSR count). The molecule has 2 aromatic carbocycles. The highest BCUT2D eigenvalue weighted by molar-refractivity contribution is 9.10. The summed E-state index contributed by atoms with van der Waals surface area (Å²) in [7, 11) is 1.40. The van der Waals surface area contributed by atoms with Crippen LogP contribution in [0, 0.1) is 0 Å². The first-order valence-electron chi connectivity index (χ1n) is 6.39. The standard InChI is InChI=1S/C15H13BrF3NO3/c1-22-12-7-9(16)6-11(14(12)21)13(20)8-2-4-10(5-3-8)23-15(17,18)19/h2-7,13,21H,20H2,1H3/t13-/m1/s1. The van der Waals surface area contributed by atoms with Gasteiger partial charge in [0, 0.05) is 10.0 Å². The lowest BCUT2D eigenvalue weighted by atomic mass is 9.98. The van der Waals surface area contributed by atoms with Crippen LogP contribution in [0.2, 0.25) is 0 Å². The molecule has 0 saturated heterocycles. The van der Waals surface area contributed by atoms with Crippen LogP contribution in [0.3, 0.4) is 0 Å². The number of rotatable bonds is 4. The van der Waals surface area contributed by atoms with Crippen LogP contribution in [-0.2, 0) is 0 Å². The van der Waals surface area contributed by atoms with Crippen LogP contribution in [0.15, 0.2) is 40.9 Å². The summed E-state index contributed by atoms with van der Waals surface area (Å²) in [5.74, 6) is -0.231. The van der Waals surface area contributed by atoms with Crippen LogP contribution in [0.25, 0.3) is 0 Å². The Kier molecular flexibility index (Phi) is 5.06. The van der Waals surface area contributed by atoms with Gasteiger partial charge in [-0.25, -0.2) is 0 Å². The molecule has 0 fully saturated rings. The number of phenols is 1. The van der Waals surface area contributed by atoms with Gasteiger partial charge >= 0.3 is 6.36 Å². The number of methoxy groups -OCH3 is 1. The van der Waals surface area contributed by atoms with Crippen molar-refractivity contribution in [1.29, 1.82) is 0 Å². The molecule has 1 atom stereocenters. The number of benzene rings is 2. The molecule has 23 heavy (non-hydrogen) atoms. The molecule has 2 aromatic rings. The maximum atomic E-state index is 12.1. The van der Waals surface area contributed by atoms with E-state index in [1.54, 1.807) is 12.1 Å². The molecule has 0 bridgehead atoms. The first kappa shape index (κ1) is 17.4. The van der Waals surface area contributed by atoms with E-state index in [-0.39, 0.29) is 17.2 Å². The molecule has 0 radical (unpaired) electrons. The zero-order chi connectivity index (χ0) is 17.2. The Labute approximate surface area is 138 Å². The number of nitrogens with two attached hydrogens (primary N) is 1. The van der Waals surface area contributed by atoms with Crippen molar-refractivity contribution in [2.45, 2.75) is 12.4 Å². The first-order valence-corrected chi connectivity index (χ1v) is 7.18. The van der Waals surface area contributed by atoms with E-state index in [2.05, 4.69) is 20.7 Å². The molecule has 0 aliphatic heterocycles. The minimum absolute atomic E-state index is 0.126. The highest BCUT2D eigenvalue weighted by Crippen LogP contribution is 2.38. The smallest absolute Gasteiger partial charge is 0.504 e. The van der Waals surface area contributed by atoms with Gasteiger partial charge in [-0.2, -0.15) is 0 Å². The lowest BCUT2D eigenvalue weighted by Crippen LogP contribution is -2.17. The van der Waals surface area contributed by atoms with E-state index in [4.69, 9.17) is 10.5 Å². The van der Waals surface area contributed by atoms with Gasteiger partial charge in [0.05, 0.1) is 13.2 Å². The highest BCUT2D eigenvalue weighted by Gasteiger charge is 2.31. The van der Waals surface area contributed by atoms with Crippen LogP contribution >= 0.6 is 15.9 Å². The van der Waals surface area contributed by atoms with E-state index >= 15 is 0 Å². The van der Waals surface area contributed by atoms with Gasteiger partial charge in [-0.15, -0.1) is 13.2 Å². The van der Waals surface area contributed by atoms with Crippen LogP contribution in [-0.4, -0.2) is 18.6 Å². The second-order valence-electron chi connectivity index (χ2n) is 4.64. The number of halogens is 4. The molecule has 0 heterocycles. The fourth-order valence-electron chi connectivity index (χ4n) is 2.04. The van der Waals surface area contributed by atoms with Crippen molar-refractivity contribution in [3.63, 3.8) is 0 Å². The topological polar surface area (TPSA) is 64.7 Å². The predicted molar refractivity (Wildman–Crippen MR) is 81.5 cm³/mol. The van der Waals surface area contributed by atoms with E-state index < -0.39 is 12.4 Å². The Morgan fingerprint density at radius 2 is 1.78 bits per heavy atom. The molecule has 0 spiro atoms. The van der Waals surface area contributed by atoms with Gasteiger partial charge in [0.2, 0.25) is 0 Å². The Balaban J connectivity index is 2.31. The van der Waals surface area contributed by atoms with Crippen LogP contribution in [0.4, 0.5) is 13.2 Å². The molecular formula is C15H13BrF3NO3. The van der Waals surface area contributed by atoms with E-state index in [0.717, 1.165) is 12.1 Å². The molecule has 4 nitrogen and oxygen atoms in total. The number of phenolic OH excluding ortho intramolecular Hbond substituents is 1. The van der Waals surface area contributed by atoms with Crippen LogP contribution in [0.5, 0.6) is 17.2 Å². The molecule has 0 saturated carbocycles. The third-order valence-electron chi connectivity index (χ3n) is 3.10. The first-order chi connectivity index (χ1) is 10.7. The normalized spacial score (nSPS) is 12.8. The van der Waals surface area contributed by atoms with Gasteiger partial charge in [0.1, 0.15) is 5.75 Å². The lowest BCUT2D eigenvalue weighted by molar-refractivity contribution is -0.274. The Morgan fingerprint density at radius 3 is 2.30 bits per heavy atom. The van der Waals surface area contributed by atoms with Crippen LogP contribution in [0.1, 0.15) is 17.2 Å². The minimum Gasteiger partial charge on any atom is -0.504 e. The van der Waals surface area contributed by atoms with Gasteiger partial charge in [-0.3, -0.25) is 0 Å². The van der Waals surface area contributed by atoms with E-state index in [0.29, 0.717) is 15.6 Å². The lowest BCUT2D eigenvalue weighted by Gasteiger charge is -2.17. The number of aromatic hydroxyl groups is 1. The summed E-state index contributed by atoms with van der Waals surface area (Å²) in [6, 6.07) is 7.57. The third kappa shape index (κ3) is 4.29. The van der Waals surface area contributed by atoms with Crippen molar-refractivity contribution in [3.8, 4) is 17.2 Å². The SMILES string of the molecule is COc1cc(Br)cc([C@H](N)c2ccc(OC(F)(F)F)cc2)c1O. The van der Waals surface area contributed by atoms with E-state index in [1.807, 2.05) is 0 Å². The molecule has 0 amide bonds. The summed E-state index contributed by atoms with van der Waals surface area (Å²) >= 11 is 3.28. The number of hydrogen-bond acceptors (Lipinski definition) is 4. The fraction of sp³-hybridized carbons (Fsp3) is 0.200. The van der Waals surface area contributed by atoms with Crippen molar-refractivity contribution in [2.75, 3.05) is 7.11 Å². The van der Waals surface area contributed by atoms with Gasteiger partial charge in [-0.05, 0) is 29.8 Å². The van der Waals surface area contributed by atoms with Crippen molar-refractivity contribution in [1.82, 2.24) is 0 Å². The average molecular weight is 392 g/mol. The van der Waals surface area contributed by atoms with Crippen molar-refractivity contribution < 1.29 is 27.8 Å². The molecule has 124 valence electrons. The molecule has 0 aromatic heterocycles. The fourth-order valence-corrected chi connectivity index (χ4v) is 2.50. The maximum absolute atomic E-state index is 12.1. The molecule has 0 aliphatic carbocycles. The summed E-state index contributed by atoms with van der Waals surface area (Å²) in [5, 5.41) is 10.2. The average Bonchev–Trinajstić information content (AvgIpc) is 2.47. The van der Waals surface area contributed by atoms with E-state index in [1.165, 1.54) is 19.2 Å². The quantitative estimate of drug-likeness (QED) is 0.822. The summed E-state index contributed by atoms with van der Waals surface area (Å²) in [5.41, 5.74) is 6.97. The van der Waals surface area contributed by atoms with Gasteiger partial charge in [0.25, 0.3) is 0 Å². The Hall–Kier alpha value is -1.93. The molecule has 0 aliphatic rings. The van der Waals surface area contributed by atoms with Gasteiger partial charge in [0.15, 0.2) is 11.5 Å². The van der Waals surface area contributed by atoms with Crippen LogP contribution < -0.4 is 15.2 Å². The molecule has 3 N–H and O–H groups in total. The second-order valence-corrected chi connectivity index (χ2v) is 5.56.